The van der Waals surface area contributed by atoms with Gasteiger partial charge in [0, 0.05) is 17.1 Å². The lowest BCUT2D eigenvalue weighted by atomic mass is 9.98. The van der Waals surface area contributed by atoms with Gasteiger partial charge in [0.2, 0.25) is 0 Å². The van der Waals surface area contributed by atoms with E-state index in [2.05, 4.69) is 18.7 Å². The molecular formula is C27H35ClN2O3. The highest BCUT2D eigenvalue weighted by Gasteiger charge is 2.22. The Morgan fingerprint density at radius 3 is 2.12 bits per heavy atom. The van der Waals surface area contributed by atoms with Gasteiger partial charge < -0.3 is 19.5 Å². The largest absolute Gasteiger partial charge is 0.496 e. The molecule has 178 valence electrons. The lowest BCUT2D eigenvalue weighted by Crippen LogP contribution is -2.31. The number of aromatic nitrogens is 1. The molecule has 0 radical (unpaired) electrons. The molecule has 33 heavy (non-hydrogen) atoms. The molecule has 3 rings (SSSR count). The molecule has 0 aliphatic carbocycles. The van der Waals surface area contributed by atoms with Crippen molar-refractivity contribution < 1.29 is 14.6 Å². The summed E-state index contributed by atoms with van der Waals surface area (Å²) in [5.41, 5.74) is 3.15. The molecule has 3 aromatic rings. The zero-order valence-corrected chi connectivity index (χ0v) is 20.9. The molecule has 0 spiro atoms. The van der Waals surface area contributed by atoms with E-state index in [1.165, 1.54) is 0 Å². The van der Waals surface area contributed by atoms with Gasteiger partial charge in [-0.3, -0.25) is 0 Å². The SMILES string of the molecule is CCCCN(CCCC)C[C@@H](O)c1cc(-c2ccc(Cl)cc2)nc2c(OC)ccc(OC)c12. The van der Waals surface area contributed by atoms with E-state index in [0.717, 1.165) is 61.0 Å². The highest BCUT2D eigenvalue weighted by atomic mass is 35.5. The maximum Gasteiger partial charge on any atom is 0.145 e. The third kappa shape index (κ3) is 6.17. The summed E-state index contributed by atoms with van der Waals surface area (Å²) < 4.78 is 11.3. The first-order valence-corrected chi connectivity index (χ1v) is 12.1. The molecule has 0 aliphatic rings. The van der Waals surface area contributed by atoms with Crippen molar-refractivity contribution in [2.75, 3.05) is 33.9 Å². The Labute approximate surface area is 202 Å². The molecule has 0 unspecified atom stereocenters. The lowest BCUT2D eigenvalue weighted by Gasteiger charge is -2.26. The van der Waals surface area contributed by atoms with E-state index in [9.17, 15) is 5.11 Å². The Balaban J connectivity index is 2.13. The van der Waals surface area contributed by atoms with Gasteiger partial charge >= 0.3 is 0 Å². The van der Waals surface area contributed by atoms with Crippen molar-refractivity contribution >= 4 is 22.5 Å². The first-order chi connectivity index (χ1) is 16.0. The maximum absolute atomic E-state index is 11.5. The summed E-state index contributed by atoms with van der Waals surface area (Å²) in [4.78, 5) is 7.26. The molecule has 6 heteroatoms. The third-order valence-corrected chi connectivity index (χ3v) is 6.19. The standard InChI is InChI=1S/C27H35ClN2O3/c1-5-7-15-30(16-8-6-2)18-23(31)21-17-22(19-9-11-20(28)12-10-19)29-27-25(33-4)14-13-24(32-3)26(21)27/h9-14,17,23,31H,5-8,15-16,18H2,1-4H3/t23-/m1/s1. The summed E-state index contributed by atoms with van der Waals surface area (Å²) in [7, 11) is 3.27. The molecule has 2 aromatic carbocycles. The van der Waals surface area contributed by atoms with Crippen molar-refractivity contribution in [3.63, 3.8) is 0 Å². The molecule has 1 N–H and O–H groups in total. The van der Waals surface area contributed by atoms with Crippen LogP contribution in [0, 0.1) is 0 Å². The van der Waals surface area contributed by atoms with E-state index in [0.29, 0.717) is 28.6 Å². The van der Waals surface area contributed by atoms with Crippen LogP contribution in [0.1, 0.15) is 51.2 Å². The van der Waals surface area contributed by atoms with E-state index in [1.807, 2.05) is 42.5 Å². The van der Waals surface area contributed by atoms with Gasteiger partial charge in [0.05, 0.1) is 31.4 Å². The van der Waals surface area contributed by atoms with Gasteiger partial charge in [0.25, 0.3) is 0 Å². The van der Waals surface area contributed by atoms with Crippen LogP contribution in [0.5, 0.6) is 11.5 Å². The topological polar surface area (TPSA) is 54.8 Å². The van der Waals surface area contributed by atoms with Crippen LogP contribution in [0.25, 0.3) is 22.2 Å². The van der Waals surface area contributed by atoms with Crippen LogP contribution in [0.15, 0.2) is 42.5 Å². The smallest absolute Gasteiger partial charge is 0.145 e. The number of hydrogen-bond donors (Lipinski definition) is 1. The molecule has 1 heterocycles. The van der Waals surface area contributed by atoms with Gasteiger partial charge in [0.15, 0.2) is 0 Å². The molecule has 0 bridgehead atoms. The quantitative estimate of drug-likeness (QED) is 0.327. The van der Waals surface area contributed by atoms with Crippen LogP contribution < -0.4 is 9.47 Å². The predicted molar refractivity (Wildman–Crippen MR) is 137 cm³/mol. The fourth-order valence-electron chi connectivity index (χ4n) is 4.08. The minimum Gasteiger partial charge on any atom is -0.496 e. The Morgan fingerprint density at radius 1 is 0.939 bits per heavy atom. The van der Waals surface area contributed by atoms with Gasteiger partial charge in [-0.1, -0.05) is 50.4 Å². The van der Waals surface area contributed by atoms with E-state index >= 15 is 0 Å². The summed E-state index contributed by atoms with van der Waals surface area (Å²) in [6, 6.07) is 13.3. The van der Waals surface area contributed by atoms with Crippen molar-refractivity contribution in [2.45, 2.75) is 45.6 Å². The van der Waals surface area contributed by atoms with Crippen LogP contribution in [-0.2, 0) is 0 Å². The summed E-state index contributed by atoms with van der Waals surface area (Å²) in [5, 5.41) is 13.0. The number of pyridine rings is 1. The molecule has 1 aromatic heterocycles. The zero-order chi connectivity index (χ0) is 23.8. The van der Waals surface area contributed by atoms with Crippen LogP contribution in [0.2, 0.25) is 5.02 Å². The second kappa shape index (κ2) is 12.2. The van der Waals surface area contributed by atoms with Crippen molar-refractivity contribution in [3.05, 3.63) is 53.1 Å². The third-order valence-electron chi connectivity index (χ3n) is 5.94. The minimum atomic E-state index is -0.698. The molecule has 1 atom stereocenters. The second-order valence-electron chi connectivity index (χ2n) is 8.32. The summed E-state index contributed by atoms with van der Waals surface area (Å²) in [5.74, 6) is 1.31. The number of rotatable bonds is 12. The lowest BCUT2D eigenvalue weighted by molar-refractivity contribution is 0.112. The number of ether oxygens (including phenoxy) is 2. The maximum atomic E-state index is 11.5. The number of halogens is 1. The zero-order valence-electron chi connectivity index (χ0n) is 20.1. The van der Waals surface area contributed by atoms with E-state index in [1.54, 1.807) is 14.2 Å². The van der Waals surface area contributed by atoms with Crippen molar-refractivity contribution in [1.82, 2.24) is 9.88 Å². The van der Waals surface area contributed by atoms with Crippen LogP contribution >= 0.6 is 11.6 Å². The monoisotopic (exact) mass is 470 g/mol. The Hall–Kier alpha value is -2.34. The molecule has 5 nitrogen and oxygen atoms in total. The highest BCUT2D eigenvalue weighted by Crippen LogP contribution is 2.39. The van der Waals surface area contributed by atoms with Gasteiger partial charge in [-0.2, -0.15) is 0 Å². The summed E-state index contributed by atoms with van der Waals surface area (Å²) in [6.07, 6.45) is 3.78. The van der Waals surface area contributed by atoms with Crippen LogP contribution in [-0.4, -0.2) is 48.8 Å². The summed E-state index contributed by atoms with van der Waals surface area (Å²) in [6.45, 7) is 6.89. The fourth-order valence-corrected chi connectivity index (χ4v) is 4.21. The first kappa shape index (κ1) is 25.3. The Kier molecular flexibility index (Phi) is 9.36. The molecule has 0 saturated carbocycles. The number of aliphatic hydroxyl groups excluding tert-OH is 1. The first-order valence-electron chi connectivity index (χ1n) is 11.7. The molecule has 0 amide bonds. The average Bonchev–Trinajstić information content (AvgIpc) is 2.84. The number of fused-ring (bicyclic) bond motifs is 1. The van der Waals surface area contributed by atoms with E-state index in [-0.39, 0.29) is 0 Å². The number of methoxy groups -OCH3 is 2. The van der Waals surface area contributed by atoms with Crippen LogP contribution in [0.4, 0.5) is 0 Å². The normalized spacial score (nSPS) is 12.3. The average molecular weight is 471 g/mol. The number of hydrogen-bond acceptors (Lipinski definition) is 5. The number of nitrogens with zero attached hydrogens (tertiary/aromatic N) is 2. The van der Waals surface area contributed by atoms with Crippen molar-refractivity contribution in [1.29, 1.82) is 0 Å². The number of aliphatic hydroxyl groups is 1. The van der Waals surface area contributed by atoms with E-state index in [4.69, 9.17) is 26.1 Å². The van der Waals surface area contributed by atoms with Gasteiger partial charge in [-0.15, -0.1) is 0 Å². The minimum absolute atomic E-state index is 0.555. The second-order valence-corrected chi connectivity index (χ2v) is 8.76. The summed E-state index contributed by atoms with van der Waals surface area (Å²) >= 11 is 6.10. The Morgan fingerprint density at radius 2 is 1.55 bits per heavy atom. The highest BCUT2D eigenvalue weighted by molar-refractivity contribution is 6.30. The molecule has 0 aliphatic heterocycles. The van der Waals surface area contributed by atoms with Gasteiger partial charge in [0.1, 0.15) is 17.0 Å². The number of unbranched alkanes of at least 4 members (excludes halogenated alkanes) is 2. The van der Waals surface area contributed by atoms with Gasteiger partial charge in [-0.05, 0) is 61.8 Å². The van der Waals surface area contributed by atoms with Crippen molar-refractivity contribution in [3.8, 4) is 22.8 Å². The fraction of sp³-hybridized carbons (Fsp3) is 0.444. The molecular weight excluding hydrogens is 436 g/mol. The number of benzene rings is 2. The molecule has 0 fully saturated rings. The van der Waals surface area contributed by atoms with Crippen LogP contribution in [0.3, 0.4) is 0 Å². The van der Waals surface area contributed by atoms with Crippen molar-refractivity contribution in [2.24, 2.45) is 0 Å². The van der Waals surface area contributed by atoms with E-state index < -0.39 is 6.10 Å². The Bertz CT molecular complexity index is 1030. The predicted octanol–water partition coefficient (Wildman–Crippen LogP) is 6.51. The van der Waals surface area contributed by atoms with Gasteiger partial charge in [-0.25, -0.2) is 4.98 Å². The molecule has 0 saturated heterocycles.